The second-order valence-corrected chi connectivity index (χ2v) is 17.0. The monoisotopic (exact) mass is 803 g/mol. The predicted octanol–water partition coefficient (Wildman–Crippen LogP) is 10.1. The number of sulfonamides is 1. The Bertz CT molecular complexity index is 2580. The molecule has 1 atom stereocenters. The molecule has 1 unspecified atom stereocenters. The highest BCUT2D eigenvalue weighted by molar-refractivity contribution is 7.92. The van der Waals surface area contributed by atoms with Crippen LogP contribution in [0.1, 0.15) is 69.2 Å². The van der Waals surface area contributed by atoms with Crippen molar-refractivity contribution in [1.82, 2.24) is 10.3 Å². The molecule has 0 bridgehead atoms. The molecule has 2 N–H and O–H groups in total. The van der Waals surface area contributed by atoms with Crippen molar-refractivity contribution < 1.29 is 22.7 Å². The molecule has 8 rings (SSSR count). The Kier molecular flexibility index (Phi) is 12.5. The van der Waals surface area contributed by atoms with Crippen LogP contribution >= 0.6 is 0 Å². The highest BCUT2D eigenvalue weighted by atomic mass is 32.2. The summed E-state index contributed by atoms with van der Waals surface area (Å²) in [7, 11) is -3.97. The van der Waals surface area contributed by atoms with Crippen molar-refractivity contribution in [2.75, 3.05) is 17.5 Å². The first kappa shape index (κ1) is 39.7. The van der Waals surface area contributed by atoms with Gasteiger partial charge in [-0.3, -0.25) is 9.10 Å². The Morgan fingerprint density at radius 2 is 1.37 bits per heavy atom. The summed E-state index contributed by atoms with van der Waals surface area (Å²) in [6, 6.07) is 49.6. The molecule has 0 amide bonds. The lowest BCUT2D eigenvalue weighted by Gasteiger charge is -2.27. The topological polar surface area (TPSA) is 101 Å². The maximum absolute atomic E-state index is 14.5. The quantitative estimate of drug-likeness (QED) is 0.0838. The van der Waals surface area contributed by atoms with E-state index < -0.39 is 10.0 Å². The minimum atomic E-state index is -3.97. The standard InChI is InChI=1S/C50H49N3O5S/c54-49(33-51-45(40-21-11-4-12-22-40)29-30-57-42-26-27-44-43-23-13-14-24-46(43)52-47(44)32-42)41-25-28-50(58-35-38-17-7-2-8-18-38)48(31-41)53(34-37-15-5-1-6-16-37)59(55,56)36-39-19-9-3-10-20-39/h1-12,15-22,25-28,31-32,45,51-52H,13-14,23-24,29-30,33-36H2. The van der Waals surface area contributed by atoms with Crippen LogP contribution in [0.5, 0.6) is 11.5 Å². The molecule has 8 nitrogen and oxygen atoms in total. The van der Waals surface area contributed by atoms with Crippen LogP contribution in [0.25, 0.3) is 10.9 Å². The van der Waals surface area contributed by atoms with E-state index >= 15 is 0 Å². The molecule has 0 saturated heterocycles. The number of carbonyl (C=O) groups excluding carboxylic acids is 1. The highest BCUT2D eigenvalue weighted by Gasteiger charge is 2.28. The van der Waals surface area contributed by atoms with Crippen molar-refractivity contribution in [1.29, 1.82) is 0 Å². The molecular weight excluding hydrogens is 755 g/mol. The zero-order chi connectivity index (χ0) is 40.4. The predicted molar refractivity (Wildman–Crippen MR) is 235 cm³/mol. The molecule has 0 spiro atoms. The molecule has 1 aliphatic carbocycles. The van der Waals surface area contributed by atoms with Crippen molar-refractivity contribution >= 4 is 32.4 Å². The number of nitrogens with zero attached hydrogens (tertiary/aromatic N) is 1. The van der Waals surface area contributed by atoms with E-state index in [0.717, 1.165) is 40.8 Å². The lowest BCUT2D eigenvalue weighted by atomic mass is 9.96. The Labute approximate surface area is 346 Å². The maximum Gasteiger partial charge on any atom is 0.239 e. The third-order valence-corrected chi connectivity index (χ3v) is 12.6. The van der Waals surface area contributed by atoms with Crippen LogP contribution in [0.4, 0.5) is 5.69 Å². The van der Waals surface area contributed by atoms with Gasteiger partial charge in [-0.25, -0.2) is 8.42 Å². The van der Waals surface area contributed by atoms with Gasteiger partial charge in [-0.15, -0.1) is 0 Å². The van der Waals surface area contributed by atoms with Crippen LogP contribution in [0.2, 0.25) is 0 Å². The van der Waals surface area contributed by atoms with Gasteiger partial charge in [-0.05, 0) is 83.8 Å². The molecular formula is C50H49N3O5S. The fourth-order valence-corrected chi connectivity index (χ4v) is 9.41. The van der Waals surface area contributed by atoms with Gasteiger partial charge in [0.1, 0.15) is 18.1 Å². The average Bonchev–Trinajstić information content (AvgIpc) is 3.65. The van der Waals surface area contributed by atoms with Gasteiger partial charge in [0.05, 0.1) is 31.1 Å². The van der Waals surface area contributed by atoms with E-state index in [1.807, 2.05) is 115 Å². The summed E-state index contributed by atoms with van der Waals surface area (Å²) in [5.74, 6) is 0.774. The lowest BCUT2D eigenvalue weighted by Crippen LogP contribution is -2.32. The fourth-order valence-electron chi connectivity index (χ4n) is 7.86. The summed E-state index contributed by atoms with van der Waals surface area (Å²) in [5.41, 5.74) is 8.02. The summed E-state index contributed by atoms with van der Waals surface area (Å²) in [4.78, 5) is 17.8. The van der Waals surface area contributed by atoms with Crippen LogP contribution in [-0.2, 0) is 41.8 Å². The second-order valence-electron chi connectivity index (χ2n) is 15.1. The SMILES string of the molecule is O=C(CNC(CCOc1ccc2c3c([nH]c2c1)CCCC3)c1ccccc1)c1ccc(OCc2ccccc2)c(N(Cc2ccccc2)S(=O)(=O)Cc2ccccc2)c1. The van der Waals surface area contributed by atoms with Crippen LogP contribution in [-0.4, -0.2) is 32.3 Å². The molecule has 1 heterocycles. The normalized spacial score (nSPS) is 13.1. The van der Waals surface area contributed by atoms with Gasteiger partial charge in [-0.2, -0.15) is 0 Å². The van der Waals surface area contributed by atoms with E-state index in [2.05, 4.69) is 22.4 Å². The van der Waals surface area contributed by atoms with Gasteiger partial charge in [0.2, 0.25) is 10.0 Å². The number of aromatic nitrogens is 1. The van der Waals surface area contributed by atoms with E-state index in [9.17, 15) is 13.2 Å². The minimum Gasteiger partial charge on any atom is -0.493 e. The van der Waals surface area contributed by atoms with E-state index in [-0.39, 0.29) is 37.3 Å². The molecule has 7 aromatic rings. The number of aryl methyl sites for hydroxylation is 2. The number of ketones is 1. The summed E-state index contributed by atoms with van der Waals surface area (Å²) in [5, 5.41) is 4.78. The zero-order valence-electron chi connectivity index (χ0n) is 33.1. The molecule has 0 saturated carbocycles. The van der Waals surface area contributed by atoms with Crippen molar-refractivity contribution in [3.8, 4) is 11.5 Å². The highest BCUT2D eigenvalue weighted by Crippen LogP contribution is 2.35. The van der Waals surface area contributed by atoms with E-state index in [1.165, 1.54) is 33.8 Å². The first-order valence-corrected chi connectivity index (χ1v) is 22.0. The smallest absolute Gasteiger partial charge is 0.239 e. The van der Waals surface area contributed by atoms with Crippen LogP contribution in [0, 0.1) is 0 Å². The molecule has 1 aliphatic rings. The number of Topliss-reactive ketones (excluding diaryl/α,β-unsaturated/α-hetero) is 1. The van der Waals surface area contributed by atoms with Crippen molar-refractivity contribution in [2.24, 2.45) is 0 Å². The van der Waals surface area contributed by atoms with Gasteiger partial charge in [-0.1, -0.05) is 121 Å². The Hall–Kier alpha value is -6.16. The molecule has 0 fully saturated rings. The minimum absolute atomic E-state index is 0.0264. The third-order valence-electron chi connectivity index (χ3n) is 10.9. The van der Waals surface area contributed by atoms with Crippen molar-refractivity contribution in [3.05, 3.63) is 197 Å². The van der Waals surface area contributed by atoms with Crippen molar-refractivity contribution in [2.45, 2.75) is 57.1 Å². The Balaban J connectivity index is 1.04. The summed E-state index contributed by atoms with van der Waals surface area (Å²) < 4.78 is 43.0. The molecule has 59 heavy (non-hydrogen) atoms. The first-order chi connectivity index (χ1) is 28.9. The van der Waals surface area contributed by atoms with Crippen molar-refractivity contribution in [3.63, 3.8) is 0 Å². The fraction of sp³-hybridized carbons (Fsp3) is 0.220. The van der Waals surface area contributed by atoms with Gasteiger partial charge in [0, 0.05) is 40.7 Å². The molecule has 9 heteroatoms. The summed E-state index contributed by atoms with van der Waals surface area (Å²) in [6.45, 7) is 0.752. The maximum atomic E-state index is 14.5. The molecule has 0 radical (unpaired) electrons. The number of rotatable bonds is 18. The van der Waals surface area contributed by atoms with E-state index in [0.29, 0.717) is 35.6 Å². The number of hydrogen-bond donors (Lipinski definition) is 2. The average molecular weight is 804 g/mol. The number of H-pyrrole nitrogens is 1. The summed E-state index contributed by atoms with van der Waals surface area (Å²) in [6.07, 6.45) is 5.28. The van der Waals surface area contributed by atoms with Crippen LogP contribution in [0.15, 0.2) is 158 Å². The van der Waals surface area contributed by atoms with Crippen LogP contribution < -0.4 is 19.1 Å². The number of hydrogen-bond acceptors (Lipinski definition) is 6. The lowest BCUT2D eigenvalue weighted by molar-refractivity contribution is 0.0985. The number of fused-ring (bicyclic) bond motifs is 3. The molecule has 6 aromatic carbocycles. The van der Waals surface area contributed by atoms with E-state index in [1.54, 1.807) is 30.3 Å². The second kappa shape index (κ2) is 18.6. The Morgan fingerprint density at radius 1 is 0.712 bits per heavy atom. The Morgan fingerprint density at radius 3 is 2.10 bits per heavy atom. The molecule has 0 aliphatic heterocycles. The largest absolute Gasteiger partial charge is 0.493 e. The van der Waals surface area contributed by atoms with Gasteiger partial charge >= 0.3 is 0 Å². The number of anilines is 1. The zero-order valence-corrected chi connectivity index (χ0v) is 33.9. The van der Waals surface area contributed by atoms with E-state index in [4.69, 9.17) is 9.47 Å². The van der Waals surface area contributed by atoms with Crippen LogP contribution in [0.3, 0.4) is 0 Å². The molecule has 300 valence electrons. The van der Waals surface area contributed by atoms with Gasteiger partial charge in [0.25, 0.3) is 0 Å². The summed E-state index contributed by atoms with van der Waals surface area (Å²) >= 11 is 0. The molecule has 1 aromatic heterocycles. The van der Waals surface area contributed by atoms with Gasteiger partial charge < -0.3 is 19.8 Å². The number of nitrogens with one attached hydrogen (secondary N) is 2. The number of aromatic amines is 1. The number of benzene rings is 6. The first-order valence-electron chi connectivity index (χ1n) is 20.4. The third kappa shape index (κ3) is 9.94. The van der Waals surface area contributed by atoms with Gasteiger partial charge in [0.15, 0.2) is 5.78 Å². The number of carbonyl (C=O) groups is 1. The number of ether oxygens (including phenoxy) is 2.